The van der Waals surface area contributed by atoms with E-state index in [1.54, 1.807) is 6.92 Å². The molecule has 140 valence electrons. The Labute approximate surface area is 146 Å². The van der Waals surface area contributed by atoms with E-state index in [1.165, 1.54) is 25.1 Å². The normalized spacial score (nSPS) is 17.9. The molecule has 0 saturated carbocycles. The highest BCUT2D eigenvalue weighted by Crippen LogP contribution is 2.21. The Bertz CT molecular complexity index is 704. The number of hydrogen-bond donors (Lipinski definition) is 2. The maximum absolute atomic E-state index is 13.1. The summed E-state index contributed by atoms with van der Waals surface area (Å²) in [6.07, 6.45) is 0.472. The van der Waals surface area contributed by atoms with Crippen LogP contribution in [0.3, 0.4) is 0 Å². The highest BCUT2D eigenvalue weighted by Gasteiger charge is 2.30. The molecule has 1 saturated heterocycles. The maximum Gasteiger partial charge on any atom is 0.233 e. The quantitative estimate of drug-likeness (QED) is 0.719. The predicted octanol–water partition coefficient (Wildman–Crippen LogP) is 1.47. The van der Waals surface area contributed by atoms with Gasteiger partial charge in [0.05, 0.1) is 30.6 Å². The van der Waals surface area contributed by atoms with E-state index in [1.807, 2.05) is 0 Å². The SMILES string of the molecule is CC(CS(=O)(=O)Nc1cccc(F)c1)C(=O)NCCC1(C)OCCO1. The molecule has 7 nitrogen and oxygen atoms in total. The number of hydrogen-bond acceptors (Lipinski definition) is 5. The molecule has 9 heteroatoms. The van der Waals surface area contributed by atoms with Gasteiger partial charge in [-0.15, -0.1) is 0 Å². The van der Waals surface area contributed by atoms with Crippen molar-refractivity contribution in [1.82, 2.24) is 5.32 Å². The van der Waals surface area contributed by atoms with Crippen molar-refractivity contribution in [3.05, 3.63) is 30.1 Å². The smallest absolute Gasteiger partial charge is 0.233 e. The van der Waals surface area contributed by atoms with Crippen LogP contribution in [-0.2, 0) is 24.3 Å². The number of halogens is 1. The lowest BCUT2D eigenvalue weighted by Gasteiger charge is -2.22. The zero-order chi connectivity index (χ0) is 18.5. The summed E-state index contributed by atoms with van der Waals surface area (Å²) < 4.78 is 50.4. The molecule has 0 radical (unpaired) electrons. The molecular formula is C16H23FN2O5S. The van der Waals surface area contributed by atoms with E-state index in [9.17, 15) is 17.6 Å². The number of ether oxygens (including phenoxy) is 2. The number of carbonyl (C=O) groups excluding carboxylic acids is 1. The van der Waals surface area contributed by atoms with Gasteiger partial charge in [-0.05, 0) is 25.1 Å². The van der Waals surface area contributed by atoms with Gasteiger partial charge in [0.1, 0.15) is 5.82 Å². The number of rotatable bonds is 8. The Kier molecular flexibility index (Phi) is 6.36. The fourth-order valence-electron chi connectivity index (χ4n) is 2.47. The molecule has 1 aliphatic heterocycles. The Hall–Kier alpha value is -1.71. The molecule has 2 N–H and O–H groups in total. The first-order valence-electron chi connectivity index (χ1n) is 8.01. The first kappa shape index (κ1) is 19.6. The van der Waals surface area contributed by atoms with Crippen LogP contribution in [-0.4, -0.2) is 45.6 Å². The van der Waals surface area contributed by atoms with Gasteiger partial charge in [-0.3, -0.25) is 9.52 Å². The highest BCUT2D eigenvalue weighted by atomic mass is 32.2. The topological polar surface area (TPSA) is 93.7 Å². The summed E-state index contributed by atoms with van der Waals surface area (Å²) in [5.74, 6) is -2.80. The Balaban J connectivity index is 1.80. The number of amides is 1. The van der Waals surface area contributed by atoms with E-state index in [2.05, 4.69) is 10.0 Å². The first-order chi connectivity index (χ1) is 11.7. The molecule has 0 bridgehead atoms. The van der Waals surface area contributed by atoms with Crippen LogP contribution in [0.15, 0.2) is 24.3 Å². The van der Waals surface area contributed by atoms with Crippen molar-refractivity contribution in [2.45, 2.75) is 26.1 Å². The van der Waals surface area contributed by atoms with E-state index in [4.69, 9.17) is 9.47 Å². The van der Waals surface area contributed by atoms with Gasteiger partial charge in [0.15, 0.2) is 5.79 Å². The number of sulfonamides is 1. The summed E-state index contributed by atoms with van der Waals surface area (Å²) in [4.78, 5) is 12.1. The lowest BCUT2D eigenvalue weighted by molar-refractivity contribution is -0.146. The largest absolute Gasteiger partial charge is 0.356 e. The van der Waals surface area contributed by atoms with Gasteiger partial charge < -0.3 is 14.8 Å². The van der Waals surface area contributed by atoms with Gasteiger partial charge in [0, 0.05) is 13.0 Å². The zero-order valence-electron chi connectivity index (χ0n) is 14.2. The summed E-state index contributed by atoms with van der Waals surface area (Å²) in [6, 6.07) is 5.13. The van der Waals surface area contributed by atoms with Crippen molar-refractivity contribution >= 4 is 21.6 Å². The van der Waals surface area contributed by atoms with Gasteiger partial charge in [0.2, 0.25) is 15.9 Å². The molecule has 2 rings (SSSR count). The van der Waals surface area contributed by atoms with Gasteiger partial charge in [0.25, 0.3) is 0 Å². The van der Waals surface area contributed by atoms with Crippen molar-refractivity contribution in [3.8, 4) is 0 Å². The average Bonchev–Trinajstić information content (AvgIpc) is 2.93. The number of benzene rings is 1. The maximum atomic E-state index is 13.1. The molecular weight excluding hydrogens is 351 g/mol. The Morgan fingerprint density at radius 1 is 1.36 bits per heavy atom. The molecule has 0 aromatic heterocycles. The number of anilines is 1. The van der Waals surface area contributed by atoms with E-state index in [-0.39, 0.29) is 11.6 Å². The van der Waals surface area contributed by atoms with Crippen molar-refractivity contribution in [1.29, 1.82) is 0 Å². The minimum Gasteiger partial charge on any atom is -0.356 e. The molecule has 1 aromatic carbocycles. The van der Waals surface area contributed by atoms with Crippen LogP contribution in [0.4, 0.5) is 10.1 Å². The second kappa shape index (κ2) is 8.11. The Morgan fingerprint density at radius 2 is 2.04 bits per heavy atom. The molecule has 0 aliphatic carbocycles. The lowest BCUT2D eigenvalue weighted by atomic mass is 10.2. The van der Waals surface area contributed by atoms with E-state index >= 15 is 0 Å². The fourth-order valence-corrected chi connectivity index (χ4v) is 3.85. The van der Waals surface area contributed by atoms with Crippen LogP contribution in [0.1, 0.15) is 20.3 Å². The van der Waals surface area contributed by atoms with Crippen molar-refractivity contribution in [2.24, 2.45) is 5.92 Å². The zero-order valence-corrected chi connectivity index (χ0v) is 15.1. The van der Waals surface area contributed by atoms with Crippen LogP contribution in [0.25, 0.3) is 0 Å². The molecule has 1 amide bonds. The summed E-state index contributed by atoms with van der Waals surface area (Å²) in [7, 11) is -3.78. The first-order valence-corrected chi connectivity index (χ1v) is 9.66. The van der Waals surface area contributed by atoms with E-state index in [0.29, 0.717) is 26.2 Å². The van der Waals surface area contributed by atoms with Crippen molar-refractivity contribution in [3.63, 3.8) is 0 Å². The minimum atomic E-state index is -3.78. The third-order valence-electron chi connectivity index (χ3n) is 3.79. The molecule has 1 heterocycles. The number of carbonyl (C=O) groups is 1. The second-order valence-corrected chi connectivity index (χ2v) is 7.93. The van der Waals surface area contributed by atoms with Crippen LogP contribution < -0.4 is 10.0 Å². The Morgan fingerprint density at radius 3 is 2.68 bits per heavy atom. The molecule has 1 aliphatic rings. The van der Waals surface area contributed by atoms with Gasteiger partial charge in [-0.2, -0.15) is 0 Å². The van der Waals surface area contributed by atoms with Crippen molar-refractivity contribution in [2.75, 3.05) is 30.2 Å². The third kappa shape index (κ3) is 6.26. The summed E-state index contributed by atoms with van der Waals surface area (Å²) in [5, 5.41) is 2.68. The van der Waals surface area contributed by atoms with Crippen LogP contribution in [0, 0.1) is 11.7 Å². The van der Waals surface area contributed by atoms with Crippen LogP contribution in [0.5, 0.6) is 0 Å². The average molecular weight is 374 g/mol. The van der Waals surface area contributed by atoms with Gasteiger partial charge in [-0.1, -0.05) is 13.0 Å². The molecule has 0 spiro atoms. The fraction of sp³-hybridized carbons (Fsp3) is 0.562. The standard InChI is InChI=1S/C16H23FN2O5S/c1-12(15(20)18-7-6-16(2)23-8-9-24-16)11-25(21,22)19-14-5-3-4-13(17)10-14/h3-5,10,12,19H,6-9,11H2,1-2H3,(H,18,20). The second-order valence-electron chi connectivity index (χ2n) is 6.17. The highest BCUT2D eigenvalue weighted by molar-refractivity contribution is 7.92. The molecule has 1 fully saturated rings. The molecule has 1 unspecified atom stereocenters. The monoisotopic (exact) mass is 374 g/mol. The van der Waals surface area contributed by atoms with Gasteiger partial charge >= 0.3 is 0 Å². The molecule has 1 atom stereocenters. The number of nitrogens with one attached hydrogen (secondary N) is 2. The minimum absolute atomic E-state index is 0.121. The van der Waals surface area contributed by atoms with Crippen LogP contribution in [0.2, 0.25) is 0 Å². The van der Waals surface area contributed by atoms with Gasteiger partial charge in [-0.25, -0.2) is 12.8 Å². The summed E-state index contributed by atoms with van der Waals surface area (Å²) >= 11 is 0. The van der Waals surface area contributed by atoms with Crippen molar-refractivity contribution < 1.29 is 27.1 Å². The predicted molar refractivity (Wildman–Crippen MR) is 90.9 cm³/mol. The molecule has 1 aromatic rings. The summed E-state index contributed by atoms with van der Waals surface area (Å²) in [6.45, 7) is 4.67. The van der Waals surface area contributed by atoms with E-state index < -0.39 is 33.3 Å². The summed E-state index contributed by atoms with van der Waals surface area (Å²) in [5.41, 5.74) is 0.121. The van der Waals surface area contributed by atoms with E-state index in [0.717, 1.165) is 6.07 Å². The lowest BCUT2D eigenvalue weighted by Crippen LogP contribution is -2.38. The molecule has 25 heavy (non-hydrogen) atoms. The third-order valence-corrected chi connectivity index (χ3v) is 5.28. The van der Waals surface area contributed by atoms with Crippen LogP contribution >= 0.6 is 0 Å².